The minimum Gasteiger partial charge on any atom is -0.370 e. The Kier molecular flexibility index (Phi) is 5.66. The molecule has 144 valence electrons. The molecule has 0 fully saturated rings. The van der Waals surface area contributed by atoms with Gasteiger partial charge in [0.1, 0.15) is 6.17 Å². The molecule has 2 aliphatic rings. The number of fused-ring (bicyclic) bond motifs is 1. The van der Waals surface area contributed by atoms with Crippen LogP contribution in [-0.2, 0) is 0 Å². The van der Waals surface area contributed by atoms with Gasteiger partial charge in [0, 0.05) is 30.1 Å². The fourth-order valence-electron chi connectivity index (χ4n) is 3.16. The van der Waals surface area contributed by atoms with Crippen LogP contribution in [0.25, 0.3) is 0 Å². The van der Waals surface area contributed by atoms with E-state index < -0.39 is 0 Å². The summed E-state index contributed by atoms with van der Waals surface area (Å²) in [6, 6.07) is 8.05. The van der Waals surface area contributed by atoms with Crippen molar-refractivity contribution in [3.8, 4) is 0 Å². The second kappa shape index (κ2) is 8.13. The van der Waals surface area contributed by atoms with Crippen LogP contribution in [0.15, 0.2) is 52.8 Å². The number of nitrogens with two attached hydrogens (primary N) is 2. The largest absolute Gasteiger partial charge is 0.370 e. The molecule has 0 bridgehead atoms. The summed E-state index contributed by atoms with van der Waals surface area (Å²) in [4.78, 5) is 18.0. The summed E-state index contributed by atoms with van der Waals surface area (Å²) in [5, 5.41) is 9.62. The van der Waals surface area contributed by atoms with Crippen molar-refractivity contribution in [2.24, 2.45) is 16.5 Å². The topological polar surface area (TPSA) is 121 Å². The molecule has 2 unspecified atom stereocenters. The van der Waals surface area contributed by atoms with Crippen molar-refractivity contribution in [2.45, 2.75) is 32.5 Å². The van der Waals surface area contributed by atoms with Crippen molar-refractivity contribution in [3.05, 3.63) is 53.4 Å². The molecule has 0 saturated carbocycles. The second-order valence-corrected chi connectivity index (χ2v) is 6.78. The Morgan fingerprint density at radius 1 is 1.30 bits per heavy atom. The van der Waals surface area contributed by atoms with Crippen LogP contribution in [0.4, 0.5) is 10.5 Å². The van der Waals surface area contributed by atoms with Gasteiger partial charge in [-0.1, -0.05) is 12.1 Å². The molecule has 7 N–H and O–H groups in total. The molecule has 0 saturated heterocycles. The third-order valence-electron chi connectivity index (χ3n) is 4.60. The van der Waals surface area contributed by atoms with Gasteiger partial charge in [0.05, 0.1) is 5.69 Å². The van der Waals surface area contributed by atoms with Crippen molar-refractivity contribution >= 4 is 17.7 Å². The molecule has 2 aliphatic heterocycles. The molecule has 8 nitrogen and oxygen atoms in total. The number of nitrogens with one attached hydrogen (secondary N) is 3. The van der Waals surface area contributed by atoms with Crippen LogP contribution in [0.2, 0.25) is 0 Å². The average molecular weight is 369 g/mol. The third kappa shape index (κ3) is 4.59. The van der Waals surface area contributed by atoms with Gasteiger partial charge in [-0.3, -0.25) is 9.89 Å². The Hall–Kier alpha value is -3.00. The number of hydrogen-bond donors (Lipinski definition) is 5. The van der Waals surface area contributed by atoms with Gasteiger partial charge in [0.25, 0.3) is 0 Å². The number of rotatable bonds is 7. The first-order valence-electron chi connectivity index (χ1n) is 9.09. The highest BCUT2D eigenvalue weighted by atomic mass is 16.2. The molecule has 3 rings (SSSR count). The van der Waals surface area contributed by atoms with E-state index in [2.05, 4.69) is 27.9 Å². The Labute approximate surface area is 159 Å². The molecule has 0 aliphatic carbocycles. The zero-order valence-electron chi connectivity index (χ0n) is 15.7. The van der Waals surface area contributed by atoms with Crippen LogP contribution >= 0.6 is 0 Å². The predicted molar refractivity (Wildman–Crippen MR) is 108 cm³/mol. The minimum absolute atomic E-state index is 0.126. The Morgan fingerprint density at radius 3 is 2.74 bits per heavy atom. The third-order valence-corrected chi connectivity index (χ3v) is 4.60. The molecular weight excluding hydrogens is 342 g/mol. The van der Waals surface area contributed by atoms with E-state index in [1.807, 2.05) is 43.5 Å². The number of aliphatic imine (C=N–C) groups is 1. The molecule has 2 atom stereocenters. The number of guanidine groups is 1. The predicted octanol–water partition coefficient (Wildman–Crippen LogP) is 1.25. The van der Waals surface area contributed by atoms with E-state index in [0.29, 0.717) is 6.54 Å². The number of carbonyl (C=O) groups excluding carboxylic acids is 1. The molecule has 8 heteroatoms. The average Bonchev–Trinajstić information content (AvgIpc) is 2.99. The van der Waals surface area contributed by atoms with Gasteiger partial charge in [-0.2, -0.15) is 0 Å². The number of nitrogens with zero attached hydrogens (tertiary/aromatic N) is 2. The van der Waals surface area contributed by atoms with Crippen LogP contribution in [-0.4, -0.2) is 31.2 Å². The maximum Gasteiger partial charge on any atom is 0.327 e. The van der Waals surface area contributed by atoms with E-state index in [9.17, 15) is 4.79 Å². The number of anilines is 1. The normalized spacial score (nSPS) is 19.4. The first-order valence-corrected chi connectivity index (χ1v) is 9.09. The van der Waals surface area contributed by atoms with Gasteiger partial charge in [-0.25, -0.2) is 4.79 Å². The zero-order valence-corrected chi connectivity index (χ0v) is 15.7. The fraction of sp³-hybridized carbons (Fsp3) is 0.368. The highest BCUT2D eigenvalue weighted by molar-refractivity contribution is 5.96. The molecule has 0 radical (unpaired) electrons. The highest BCUT2D eigenvalue weighted by Gasteiger charge is 2.29. The molecule has 27 heavy (non-hydrogen) atoms. The van der Waals surface area contributed by atoms with Gasteiger partial charge < -0.3 is 27.4 Å². The summed E-state index contributed by atoms with van der Waals surface area (Å²) in [5.41, 5.74) is 14.7. The van der Waals surface area contributed by atoms with Crippen LogP contribution in [0.5, 0.6) is 0 Å². The monoisotopic (exact) mass is 369 g/mol. The first-order chi connectivity index (χ1) is 12.9. The van der Waals surface area contributed by atoms with E-state index in [4.69, 9.17) is 11.5 Å². The summed E-state index contributed by atoms with van der Waals surface area (Å²) in [6.07, 6.45) is 4.66. The van der Waals surface area contributed by atoms with E-state index in [-0.39, 0.29) is 24.2 Å². The van der Waals surface area contributed by atoms with Crippen molar-refractivity contribution in [2.75, 3.05) is 18.0 Å². The fourth-order valence-corrected chi connectivity index (χ4v) is 3.16. The van der Waals surface area contributed by atoms with Crippen molar-refractivity contribution < 1.29 is 4.79 Å². The lowest BCUT2D eigenvalue weighted by Crippen LogP contribution is -2.51. The van der Waals surface area contributed by atoms with Crippen LogP contribution in [0.3, 0.4) is 0 Å². The standard InChI is InChI=1S/C19H27N7O/c1-12-10-15-11-26(19(27)25-17(15)24-12)16-6-4-14(5-7-16)13(2)22-8-3-9-23-18(20)21/h4-7,10-11,13,17,22,24H,3,8-9H2,1-2H3,(H,25,27)(H4,20,21,23). The lowest BCUT2D eigenvalue weighted by molar-refractivity contribution is 0.244. The Morgan fingerprint density at radius 2 is 2.04 bits per heavy atom. The number of benzene rings is 1. The summed E-state index contributed by atoms with van der Waals surface area (Å²) in [5.74, 6) is 0.126. The smallest absolute Gasteiger partial charge is 0.327 e. The van der Waals surface area contributed by atoms with E-state index >= 15 is 0 Å². The van der Waals surface area contributed by atoms with Crippen LogP contribution in [0, 0.1) is 0 Å². The molecule has 2 amide bonds. The number of hydrogen-bond acceptors (Lipinski definition) is 4. The SMILES string of the molecule is CC1=CC2=CN(c3ccc(C(C)NCCCN=C(N)N)cc3)C(=O)NC2N1. The molecular formula is C19H27N7O. The van der Waals surface area contributed by atoms with Crippen molar-refractivity contribution in [3.63, 3.8) is 0 Å². The van der Waals surface area contributed by atoms with Crippen molar-refractivity contribution in [1.82, 2.24) is 16.0 Å². The molecule has 1 aromatic rings. The van der Waals surface area contributed by atoms with E-state index in [1.54, 1.807) is 4.90 Å². The lowest BCUT2D eigenvalue weighted by Gasteiger charge is -2.29. The van der Waals surface area contributed by atoms with Crippen LogP contribution in [0.1, 0.15) is 31.9 Å². The van der Waals surface area contributed by atoms with Gasteiger partial charge >= 0.3 is 6.03 Å². The maximum absolute atomic E-state index is 12.4. The summed E-state index contributed by atoms with van der Waals surface area (Å²) in [7, 11) is 0. The maximum atomic E-state index is 12.4. The molecule has 0 aromatic heterocycles. The van der Waals surface area contributed by atoms with Gasteiger partial charge in [0.15, 0.2) is 5.96 Å². The Balaban J connectivity index is 1.60. The quantitative estimate of drug-likeness (QED) is 0.281. The van der Waals surface area contributed by atoms with Crippen molar-refractivity contribution in [1.29, 1.82) is 0 Å². The second-order valence-electron chi connectivity index (χ2n) is 6.78. The highest BCUT2D eigenvalue weighted by Crippen LogP contribution is 2.25. The number of carbonyl (C=O) groups is 1. The summed E-state index contributed by atoms with van der Waals surface area (Å²) in [6.45, 7) is 5.52. The molecule has 0 spiro atoms. The van der Waals surface area contributed by atoms with Gasteiger partial charge in [-0.05, 0) is 50.6 Å². The Bertz CT molecular complexity index is 778. The number of allylic oxidation sites excluding steroid dienone is 1. The van der Waals surface area contributed by atoms with Gasteiger partial charge in [-0.15, -0.1) is 0 Å². The number of urea groups is 1. The van der Waals surface area contributed by atoms with Crippen LogP contribution < -0.4 is 32.3 Å². The first kappa shape index (κ1) is 18.8. The molecule has 1 aromatic carbocycles. The van der Waals surface area contributed by atoms with E-state index in [0.717, 1.165) is 35.5 Å². The zero-order chi connectivity index (χ0) is 19.4. The molecule has 2 heterocycles. The number of amides is 2. The summed E-state index contributed by atoms with van der Waals surface area (Å²) >= 11 is 0. The van der Waals surface area contributed by atoms with E-state index in [1.165, 1.54) is 0 Å². The summed E-state index contributed by atoms with van der Waals surface area (Å²) < 4.78 is 0. The minimum atomic E-state index is -0.141. The lowest BCUT2D eigenvalue weighted by atomic mass is 10.1. The van der Waals surface area contributed by atoms with Gasteiger partial charge in [0.2, 0.25) is 0 Å².